The third-order valence-corrected chi connectivity index (χ3v) is 6.49. The molecule has 0 spiro atoms. The standard InChI is InChI=1S/C22H34N6S/c1-18-19(2)29-21(26-18)9-10-24-22(23-3)25-11-12-27-13-15-28(16-14-27)17-20-7-5-4-6-8-20/h4-8H,9-17H2,1-3H3,(H2,23,24,25). The monoisotopic (exact) mass is 414 g/mol. The predicted octanol–water partition coefficient (Wildman–Crippen LogP) is 2.29. The van der Waals surface area contributed by atoms with Gasteiger partial charge in [0.1, 0.15) is 0 Å². The van der Waals surface area contributed by atoms with Gasteiger partial charge < -0.3 is 10.6 Å². The first-order chi connectivity index (χ1) is 14.1. The van der Waals surface area contributed by atoms with E-state index in [-0.39, 0.29) is 0 Å². The van der Waals surface area contributed by atoms with E-state index in [2.05, 4.69) is 74.6 Å². The number of benzene rings is 1. The first-order valence-electron chi connectivity index (χ1n) is 10.5. The SMILES string of the molecule is CN=C(NCCc1nc(C)c(C)s1)NCCN1CCN(Cc2ccccc2)CC1. The van der Waals surface area contributed by atoms with Gasteiger partial charge in [-0.15, -0.1) is 11.3 Å². The van der Waals surface area contributed by atoms with Crippen molar-refractivity contribution in [2.75, 3.05) is 52.9 Å². The lowest BCUT2D eigenvalue weighted by Crippen LogP contribution is -2.49. The summed E-state index contributed by atoms with van der Waals surface area (Å²) in [4.78, 5) is 15.3. The van der Waals surface area contributed by atoms with E-state index in [1.807, 2.05) is 7.05 Å². The minimum absolute atomic E-state index is 0.851. The first-order valence-corrected chi connectivity index (χ1v) is 11.3. The highest BCUT2D eigenvalue weighted by Gasteiger charge is 2.16. The van der Waals surface area contributed by atoms with Gasteiger partial charge in [-0.3, -0.25) is 14.8 Å². The van der Waals surface area contributed by atoms with E-state index in [9.17, 15) is 0 Å². The molecule has 2 aromatic rings. The van der Waals surface area contributed by atoms with Gasteiger partial charge in [-0.05, 0) is 19.4 Å². The van der Waals surface area contributed by atoms with E-state index in [0.717, 1.165) is 70.4 Å². The van der Waals surface area contributed by atoms with Gasteiger partial charge in [0.2, 0.25) is 0 Å². The van der Waals surface area contributed by atoms with Crippen molar-refractivity contribution >= 4 is 17.3 Å². The smallest absolute Gasteiger partial charge is 0.191 e. The molecule has 1 fully saturated rings. The maximum Gasteiger partial charge on any atom is 0.191 e. The summed E-state index contributed by atoms with van der Waals surface area (Å²) in [5, 5.41) is 8.03. The van der Waals surface area contributed by atoms with Crippen LogP contribution in [0.15, 0.2) is 35.3 Å². The number of nitrogens with zero attached hydrogens (tertiary/aromatic N) is 4. The maximum absolute atomic E-state index is 4.60. The fraction of sp³-hybridized carbons (Fsp3) is 0.545. The number of aliphatic imine (C=N–C) groups is 1. The van der Waals surface area contributed by atoms with Crippen LogP contribution in [0.25, 0.3) is 0 Å². The van der Waals surface area contributed by atoms with Crippen molar-refractivity contribution in [1.82, 2.24) is 25.4 Å². The summed E-state index contributed by atoms with van der Waals surface area (Å²) in [5.74, 6) is 0.873. The number of rotatable bonds is 8. The molecule has 2 N–H and O–H groups in total. The van der Waals surface area contributed by atoms with Crippen molar-refractivity contribution in [3.05, 3.63) is 51.5 Å². The second-order valence-corrected chi connectivity index (χ2v) is 8.82. The van der Waals surface area contributed by atoms with Gasteiger partial charge in [-0.1, -0.05) is 30.3 Å². The molecule has 0 atom stereocenters. The summed E-state index contributed by atoms with van der Waals surface area (Å²) in [7, 11) is 1.83. The summed E-state index contributed by atoms with van der Waals surface area (Å²) in [6.45, 7) is 12.6. The summed E-state index contributed by atoms with van der Waals surface area (Å²) < 4.78 is 0. The van der Waals surface area contributed by atoms with Crippen molar-refractivity contribution in [2.45, 2.75) is 26.8 Å². The van der Waals surface area contributed by atoms with Gasteiger partial charge in [0, 0.05) is 70.7 Å². The lowest BCUT2D eigenvalue weighted by molar-refractivity contribution is 0.129. The fourth-order valence-corrected chi connectivity index (χ4v) is 4.43. The highest BCUT2D eigenvalue weighted by Crippen LogP contribution is 2.16. The average molecular weight is 415 g/mol. The molecule has 0 unspecified atom stereocenters. The summed E-state index contributed by atoms with van der Waals surface area (Å²) >= 11 is 1.79. The van der Waals surface area contributed by atoms with Crippen LogP contribution >= 0.6 is 11.3 Å². The van der Waals surface area contributed by atoms with E-state index in [0.29, 0.717) is 0 Å². The Kier molecular flexibility index (Phi) is 8.46. The molecule has 0 radical (unpaired) electrons. The molecule has 0 bridgehead atoms. The molecule has 3 rings (SSSR count). The van der Waals surface area contributed by atoms with Crippen molar-refractivity contribution in [1.29, 1.82) is 0 Å². The molecular formula is C22H34N6S. The number of piperazine rings is 1. The van der Waals surface area contributed by atoms with Crippen molar-refractivity contribution < 1.29 is 0 Å². The molecule has 2 heterocycles. The highest BCUT2D eigenvalue weighted by atomic mass is 32.1. The zero-order chi connectivity index (χ0) is 20.5. The lowest BCUT2D eigenvalue weighted by Gasteiger charge is -2.34. The zero-order valence-electron chi connectivity index (χ0n) is 17.9. The minimum atomic E-state index is 0.851. The number of aryl methyl sites for hydroxylation is 2. The summed E-state index contributed by atoms with van der Waals surface area (Å²) in [5.41, 5.74) is 2.55. The second-order valence-electron chi connectivity index (χ2n) is 7.53. The Morgan fingerprint density at radius 3 is 2.38 bits per heavy atom. The predicted molar refractivity (Wildman–Crippen MR) is 123 cm³/mol. The third-order valence-electron chi connectivity index (χ3n) is 5.36. The number of thiazole rings is 1. The van der Waals surface area contributed by atoms with Crippen LogP contribution < -0.4 is 10.6 Å². The summed E-state index contributed by atoms with van der Waals surface area (Å²) in [6, 6.07) is 10.8. The molecule has 1 saturated heterocycles. The van der Waals surface area contributed by atoms with E-state index in [1.165, 1.54) is 15.4 Å². The molecule has 1 aromatic carbocycles. The van der Waals surface area contributed by atoms with Gasteiger partial charge in [0.25, 0.3) is 0 Å². The van der Waals surface area contributed by atoms with Gasteiger partial charge in [-0.25, -0.2) is 4.98 Å². The van der Waals surface area contributed by atoms with Crippen LogP contribution in [0.4, 0.5) is 0 Å². The van der Waals surface area contributed by atoms with Crippen LogP contribution in [0.3, 0.4) is 0 Å². The van der Waals surface area contributed by atoms with Gasteiger partial charge in [0.05, 0.1) is 10.7 Å². The highest BCUT2D eigenvalue weighted by molar-refractivity contribution is 7.11. The average Bonchev–Trinajstić information content (AvgIpc) is 3.06. The van der Waals surface area contributed by atoms with Crippen LogP contribution in [0.1, 0.15) is 21.1 Å². The molecule has 1 aliphatic rings. The van der Waals surface area contributed by atoms with Crippen LogP contribution in [0.5, 0.6) is 0 Å². The molecular weight excluding hydrogens is 380 g/mol. The summed E-state index contributed by atoms with van der Waals surface area (Å²) in [6.07, 6.45) is 0.934. The number of guanidine groups is 1. The lowest BCUT2D eigenvalue weighted by atomic mass is 10.2. The topological polar surface area (TPSA) is 55.8 Å². The Balaban J connectivity index is 1.29. The molecule has 1 aliphatic heterocycles. The molecule has 29 heavy (non-hydrogen) atoms. The van der Waals surface area contributed by atoms with Crippen LogP contribution in [-0.2, 0) is 13.0 Å². The molecule has 0 aliphatic carbocycles. The van der Waals surface area contributed by atoms with E-state index in [1.54, 1.807) is 11.3 Å². The van der Waals surface area contributed by atoms with Gasteiger partial charge >= 0.3 is 0 Å². The Bertz CT molecular complexity index is 745. The molecule has 1 aromatic heterocycles. The Hall–Kier alpha value is -1.96. The molecule has 0 saturated carbocycles. The number of hydrogen-bond donors (Lipinski definition) is 2. The van der Waals surface area contributed by atoms with Crippen molar-refractivity contribution in [3.63, 3.8) is 0 Å². The van der Waals surface area contributed by atoms with Gasteiger partial charge in [-0.2, -0.15) is 0 Å². The molecule has 0 amide bonds. The van der Waals surface area contributed by atoms with Crippen molar-refractivity contribution in [2.24, 2.45) is 4.99 Å². The minimum Gasteiger partial charge on any atom is -0.356 e. The number of hydrogen-bond acceptors (Lipinski definition) is 5. The van der Waals surface area contributed by atoms with E-state index < -0.39 is 0 Å². The number of nitrogens with one attached hydrogen (secondary N) is 2. The van der Waals surface area contributed by atoms with Crippen molar-refractivity contribution in [3.8, 4) is 0 Å². The van der Waals surface area contributed by atoms with Crippen LogP contribution in [-0.4, -0.2) is 73.6 Å². The largest absolute Gasteiger partial charge is 0.356 e. The molecule has 158 valence electrons. The molecule has 7 heteroatoms. The fourth-order valence-electron chi connectivity index (χ4n) is 3.50. The van der Waals surface area contributed by atoms with Crippen LogP contribution in [0.2, 0.25) is 0 Å². The van der Waals surface area contributed by atoms with E-state index >= 15 is 0 Å². The molecule has 6 nitrogen and oxygen atoms in total. The Morgan fingerprint density at radius 2 is 1.72 bits per heavy atom. The number of aromatic nitrogens is 1. The quantitative estimate of drug-likeness (QED) is 0.513. The first kappa shape index (κ1) is 21.7. The zero-order valence-corrected chi connectivity index (χ0v) is 18.8. The maximum atomic E-state index is 4.60. The van der Waals surface area contributed by atoms with E-state index in [4.69, 9.17) is 0 Å². The Morgan fingerprint density at radius 1 is 1.03 bits per heavy atom. The van der Waals surface area contributed by atoms with Gasteiger partial charge in [0.15, 0.2) is 5.96 Å². The Labute approximate surface area is 179 Å². The second kappa shape index (κ2) is 11.3. The normalized spacial score (nSPS) is 16.2. The third kappa shape index (κ3) is 7.10. The van der Waals surface area contributed by atoms with Crippen LogP contribution in [0, 0.1) is 13.8 Å².